The van der Waals surface area contributed by atoms with Gasteiger partial charge in [-0.2, -0.15) is 4.98 Å². The van der Waals surface area contributed by atoms with E-state index in [-0.39, 0.29) is 6.10 Å². The molecule has 0 amide bonds. The molecule has 0 bridgehead atoms. The molecule has 1 fully saturated rings. The molecule has 1 aliphatic heterocycles. The summed E-state index contributed by atoms with van der Waals surface area (Å²) in [6, 6.07) is 9.78. The predicted molar refractivity (Wildman–Crippen MR) is 80.1 cm³/mol. The Morgan fingerprint density at radius 3 is 2.57 bits per heavy atom. The first-order valence-corrected chi connectivity index (χ1v) is 7.27. The fourth-order valence-corrected chi connectivity index (χ4v) is 2.55. The zero-order valence-electron chi connectivity index (χ0n) is 12.1. The molecule has 1 aromatic carbocycles. The molecule has 21 heavy (non-hydrogen) atoms. The Labute approximate surface area is 124 Å². The Morgan fingerprint density at radius 2 is 1.90 bits per heavy atom. The van der Waals surface area contributed by atoms with E-state index in [1.54, 1.807) is 0 Å². The first-order valence-electron chi connectivity index (χ1n) is 7.27. The molecule has 1 N–H and O–H groups in total. The SMILES string of the molecule is C[C@@H](O)CN1CCN(c2noc(-c3ccccc3)n2)CC1. The second kappa shape index (κ2) is 6.24. The summed E-state index contributed by atoms with van der Waals surface area (Å²) >= 11 is 0. The molecule has 1 atom stereocenters. The van der Waals surface area contributed by atoms with Gasteiger partial charge in [0.05, 0.1) is 6.10 Å². The fourth-order valence-electron chi connectivity index (χ4n) is 2.55. The van der Waals surface area contributed by atoms with Crippen molar-refractivity contribution >= 4 is 5.95 Å². The number of hydrogen-bond donors (Lipinski definition) is 1. The maximum atomic E-state index is 9.42. The lowest BCUT2D eigenvalue weighted by molar-refractivity contribution is 0.122. The Balaban J connectivity index is 1.63. The molecule has 2 aromatic rings. The molecule has 0 aliphatic carbocycles. The summed E-state index contributed by atoms with van der Waals surface area (Å²) in [4.78, 5) is 8.84. The van der Waals surface area contributed by atoms with E-state index in [1.807, 2.05) is 37.3 Å². The zero-order chi connectivity index (χ0) is 14.7. The predicted octanol–water partition coefficient (Wildman–Crippen LogP) is 1.24. The van der Waals surface area contributed by atoms with Crippen LogP contribution in [-0.4, -0.2) is 59.0 Å². The van der Waals surface area contributed by atoms with Crippen LogP contribution in [0.5, 0.6) is 0 Å². The molecular weight excluding hydrogens is 268 g/mol. The van der Waals surface area contributed by atoms with Crippen molar-refractivity contribution in [3.8, 4) is 11.5 Å². The van der Waals surface area contributed by atoms with Gasteiger partial charge in [-0.15, -0.1) is 0 Å². The smallest absolute Gasteiger partial charge is 0.266 e. The van der Waals surface area contributed by atoms with E-state index in [4.69, 9.17) is 4.52 Å². The first kappa shape index (κ1) is 14.0. The van der Waals surface area contributed by atoms with E-state index < -0.39 is 0 Å². The Kier molecular flexibility index (Phi) is 4.17. The van der Waals surface area contributed by atoms with Gasteiger partial charge in [0.25, 0.3) is 11.8 Å². The topological polar surface area (TPSA) is 65.6 Å². The van der Waals surface area contributed by atoms with E-state index in [9.17, 15) is 5.11 Å². The van der Waals surface area contributed by atoms with Gasteiger partial charge < -0.3 is 14.5 Å². The van der Waals surface area contributed by atoms with Crippen LogP contribution in [0.2, 0.25) is 0 Å². The highest BCUT2D eigenvalue weighted by Gasteiger charge is 2.21. The number of nitrogens with zero attached hydrogens (tertiary/aromatic N) is 4. The quantitative estimate of drug-likeness (QED) is 0.913. The third kappa shape index (κ3) is 3.40. The highest BCUT2D eigenvalue weighted by atomic mass is 16.5. The van der Waals surface area contributed by atoms with Gasteiger partial charge in [0, 0.05) is 38.3 Å². The van der Waals surface area contributed by atoms with Crippen molar-refractivity contribution in [1.82, 2.24) is 15.0 Å². The van der Waals surface area contributed by atoms with Crippen molar-refractivity contribution in [2.75, 3.05) is 37.6 Å². The molecule has 1 aromatic heterocycles. The van der Waals surface area contributed by atoms with E-state index in [0.717, 1.165) is 38.3 Å². The van der Waals surface area contributed by atoms with Crippen LogP contribution < -0.4 is 4.90 Å². The number of aliphatic hydroxyl groups excluding tert-OH is 1. The van der Waals surface area contributed by atoms with Gasteiger partial charge in [-0.25, -0.2) is 0 Å². The summed E-state index contributed by atoms with van der Waals surface area (Å²) in [5, 5.41) is 13.5. The lowest BCUT2D eigenvalue weighted by Gasteiger charge is -2.34. The van der Waals surface area contributed by atoms with Crippen molar-refractivity contribution in [3.63, 3.8) is 0 Å². The van der Waals surface area contributed by atoms with Gasteiger partial charge in [-0.05, 0) is 24.2 Å². The first-order chi connectivity index (χ1) is 10.2. The van der Waals surface area contributed by atoms with Crippen LogP contribution in [0.4, 0.5) is 5.95 Å². The molecule has 3 rings (SSSR count). The molecule has 6 nitrogen and oxygen atoms in total. The minimum absolute atomic E-state index is 0.286. The minimum Gasteiger partial charge on any atom is -0.392 e. The second-order valence-electron chi connectivity index (χ2n) is 5.40. The normalized spacial score (nSPS) is 17.9. The molecule has 112 valence electrons. The van der Waals surface area contributed by atoms with Crippen LogP contribution in [0.3, 0.4) is 0 Å². The van der Waals surface area contributed by atoms with Gasteiger partial charge in [-0.1, -0.05) is 18.2 Å². The van der Waals surface area contributed by atoms with Crippen LogP contribution in [0.1, 0.15) is 6.92 Å². The van der Waals surface area contributed by atoms with E-state index in [0.29, 0.717) is 11.8 Å². The molecule has 0 saturated carbocycles. The summed E-state index contributed by atoms with van der Waals surface area (Å²) < 4.78 is 5.34. The Morgan fingerprint density at radius 1 is 1.19 bits per heavy atom. The van der Waals surface area contributed by atoms with Gasteiger partial charge in [0.2, 0.25) is 0 Å². The van der Waals surface area contributed by atoms with E-state index in [2.05, 4.69) is 19.9 Å². The standard InChI is InChI=1S/C15H20N4O2/c1-12(20)11-18-7-9-19(10-8-18)15-16-14(21-17-15)13-5-3-2-4-6-13/h2-6,12,20H,7-11H2,1H3/t12-/m1/s1. The maximum absolute atomic E-state index is 9.42. The zero-order valence-corrected chi connectivity index (χ0v) is 12.1. The Bertz CT molecular complexity index is 562. The van der Waals surface area contributed by atoms with Crippen LogP contribution in [-0.2, 0) is 0 Å². The number of aliphatic hydroxyl groups is 1. The molecule has 0 radical (unpaired) electrons. The van der Waals surface area contributed by atoms with E-state index >= 15 is 0 Å². The Hall–Kier alpha value is -1.92. The maximum Gasteiger partial charge on any atom is 0.266 e. The van der Waals surface area contributed by atoms with Crippen molar-refractivity contribution in [1.29, 1.82) is 0 Å². The minimum atomic E-state index is -0.286. The lowest BCUT2D eigenvalue weighted by atomic mass is 10.2. The average molecular weight is 288 g/mol. The molecule has 1 saturated heterocycles. The largest absolute Gasteiger partial charge is 0.392 e. The van der Waals surface area contributed by atoms with Gasteiger partial charge >= 0.3 is 0 Å². The van der Waals surface area contributed by atoms with Crippen LogP contribution in [0.25, 0.3) is 11.5 Å². The second-order valence-corrected chi connectivity index (χ2v) is 5.40. The molecule has 2 heterocycles. The summed E-state index contributed by atoms with van der Waals surface area (Å²) in [6.45, 7) is 6.04. The van der Waals surface area contributed by atoms with Gasteiger partial charge in [-0.3, -0.25) is 4.90 Å². The highest BCUT2D eigenvalue weighted by Crippen LogP contribution is 2.20. The number of hydrogen-bond acceptors (Lipinski definition) is 6. The monoisotopic (exact) mass is 288 g/mol. The number of piperazine rings is 1. The van der Waals surface area contributed by atoms with Crippen molar-refractivity contribution in [3.05, 3.63) is 30.3 Å². The summed E-state index contributed by atoms with van der Waals surface area (Å²) in [5.41, 5.74) is 0.934. The molecular formula is C15H20N4O2. The van der Waals surface area contributed by atoms with Crippen LogP contribution in [0, 0.1) is 0 Å². The van der Waals surface area contributed by atoms with Crippen LogP contribution >= 0.6 is 0 Å². The molecule has 1 aliphatic rings. The summed E-state index contributed by atoms with van der Waals surface area (Å²) in [5.74, 6) is 1.20. The van der Waals surface area contributed by atoms with Gasteiger partial charge in [0.15, 0.2) is 0 Å². The van der Waals surface area contributed by atoms with Gasteiger partial charge in [0.1, 0.15) is 0 Å². The number of aromatic nitrogens is 2. The van der Waals surface area contributed by atoms with E-state index in [1.165, 1.54) is 0 Å². The third-order valence-electron chi connectivity index (χ3n) is 3.61. The van der Waals surface area contributed by atoms with Crippen molar-refractivity contribution < 1.29 is 9.63 Å². The number of rotatable bonds is 4. The fraction of sp³-hybridized carbons (Fsp3) is 0.467. The average Bonchev–Trinajstić information content (AvgIpc) is 2.98. The number of β-amino-alcohol motifs (C(OH)–C–C–N with tert-alkyl or cyclic N) is 1. The number of anilines is 1. The van der Waals surface area contributed by atoms with Crippen LogP contribution in [0.15, 0.2) is 34.9 Å². The third-order valence-corrected chi connectivity index (χ3v) is 3.61. The summed E-state index contributed by atoms with van der Waals surface area (Å²) in [6.07, 6.45) is -0.286. The summed E-state index contributed by atoms with van der Waals surface area (Å²) in [7, 11) is 0. The lowest BCUT2D eigenvalue weighted by Crippen LogP contribution is -2.48. The van der Waals surface area contributed by atoms with Crippen molar-refractivity contribution in [2.45, 2.75) is 13.0 Å². The highest BCUT2D eigenvalue weighted by molar-refractivity contribution is 5.54. The van der Waals surface area contributed by atoms with Crippen molar-refractivity contribution in [2.24, 2.45) is 0 Å². The molecule has 0 unspecified atom stereocenters. The molecule has 6 heteroatoms. The molecule has 0 spiro atoms. The number of benzene rings is 1.